The van der Waals surface area contributed by atoms with Gasteiger partial charge in [-0.05, 0) is 32.6 Å². The maximum atomic E-state index is 12.4. The Labute approximate surface area is 166 Å². The highest BCUT2D eigenvalue weighted by Crippen LogP contribution is 2.20. The molecule has 0 spiro atoms. The number of guanidine groups is 1. The topological polar surface area (TPSA) is 112 Å². The van der Waals surface area contributed by atoms with Crippen molar-refractivity contribution in [2.75, 3.05) is 19.6 Å². The van der Waals surface area contributed by atoms with Crippen molar-refractivity contribution < 1.29 is 14.1 Å². The van der Waals surface area contributed by atoms with E-state index in [1.807, 2.05) is 19.9 Å². The maximum absolute atomic E-state index is 12.4. The molecule has 2 heterocycles. The molecule has 1 atom stereocenters. The molecule has 3 amide bonds. The number of urea groups is 1. The largest absolute Gasteiger partial charge is 0.359 e. The normalized spacial score (nSPS) is 20.1. The highest BCUT2D eigenvalue weighted by molar-refractivity contribution is 6.06. The quantitative estimate of drug-likeness (QED) is 0.256. The summed E-state index contributed by atoms with van der Waals surface area (Å²) in [7, 11) is 0. The van der Waals surface area contributed by atoms with E-state index in [2.05, 4.69) is 39.9 Å². The maximum Gasteiger partial charge on any atom is 0.325 e. The molecule has 156 valence electrons. The fourth-order valence-corrected chi connectivity index (χ4v) is 2.81. The second-order valence-electron chi connectivity index (χ2n) is 7.42. The van der Waals surface area contributed by atoms with E-state index in [1.54, 1.807) is 6.92 Å². The number of aliphatic imine (C=N–C) groups is 1. The van der Waals surface area contributed by atoms with Crippen LogP contribution in [-0.2, 0) is 11.3 Å². The van der Waals surface area contributed by atoms with Gasteiger partial charge in [0.15, 0.2) is 11.7 Å². The minimum atomic E-state index is -0.785. The smallest absolute Gasteiger partial charge is 0.325 e. The van der Waals surface area contributed by atoms with E-state index in [0.29, 0.717) is 50.1 Å². The minimum Gasteiger partial charge on any atom is -0.359 e. The number of carbonyl (C=O) groups excluding carboxylic acids is 2. The summed E-state index contributed by atoms with van der Waals surface area (Å²) in [5, 5.41) is 13.2. The summed E-state index contributed by atoms with van der Waals surface area (Å²) in [6, 6.07) is 1.60. The van der Waals surface area contributed by atoms with Gasteiger partial charge in [-0.3, -0.25) is 9.69 Å². The molecule has 1 unspecified atom stereocenters. The van der Waals surface area contributed by atoms with E-state index in [-0.39, 0.29) is 11.9 Å². The molecule has 0 aliphatic carbocycles. The second kappa shape index (κ2) is 9.57. The Morgan fingerprint density at radius 1 is 1.36 bits per heavy atom. The summed E-state index contributed by atoms with van der Waals surface area (Å²) in [6.45, 7) is 11.8. The van der Waals surface area contributed by atoms with Gasteiger partial charge in [0, 0.05) is 25.7 Å². The monoisotopic (exact) mass is 392 g/mol. The molecule has 1 fully saturated rings. The Morgan fingerprint density at radius 2 is 2.11 bits per heavy atom. The molecule has 1 saturated heterocycles. The van der Waals surface area contributed by atoms with Crippen LogP contribution in [0.4, 0.5) is 4.79 Å². The van der Waals surface area contributed by atoms with Gasteiger partial charge in [0.25, 0.3) is 5.91 Å². The Morgan fingerprint density at radius 3 is 2.68 bits per heavy atom. The van der Waals surface area contributed by atoms with Crippen molar-refractivity contribution in [3.63, 3.8) is 0 Å². The summed E-state index contributed by atoms with van der Waals surface area (Å²) in [5.74, 6) is 1.51. The van der Waals surface area contributed by atoms with Crippen molar-refractivity contribution in [1.82, 2.24) is 26.0 Å². The fraction of sp³-hybridized carbons (Fsp3) is 0.684. The molecule has 9 heteroatoms. The van der Waals surface area contributed by atoms with Crippen molar-refractivity contribution in [3.05, 3.63) is 17.5 Å². The molecule has 3 N–H and O–H groups in total. The molecule has 1 aliphatic heterocycles. The first kappa shape index (κ1) is 21.7. The van der Waals surface area contributed by atoms with Crippen LogP contribution in [0.5, 0.6) is 0 Å². The van der Waals surface area contributed by atoms with Crippen LogP contribution in [0.15, 0.2) is 15.6 Å². The molecule has 28 heavy (non-hydrogen) atoms. The zero-order valence-electron chi connectivity index (χ0n) is 17.5. The molecule has 2 rings (SSSR count). The van der Waals surface area contributed by atoms with Gasteiger partial charge in [0.2, 0.25) is 0 Å². The van der Waals surface area contributed by atoms with Crippen LogP contribution in [0.3, 0.4) is 0 Å². The lowest BCUT2D eigenvalue weighted by Crippen LogP contribution is -2.43. The van der Waals surface area contributed by atoms with Gasteiger partial charge in [-0.25, -0.2) is 9.79 Å². The number of nitrogens with one attached hydrogen (secondary N) is 3. The van der Waals surface area contributed by atoms with E-state index in [4.69, 9.17) is 4.52 Å². The van der Waals surface area contributed by atoms with E-state index in [1.165, 1.54) is 4.90 Å². The van der Waals surface area contributed by atoms with Crippen LogP contribution in [0.1, 0.15) is 64.8 Å². The highest BCUT2D eigenvalue weighted by Gasteiger charge is 2.45. The highest BCUT2D eigenvalue weighted by atomic mass is 16.5. The second-order valence-corrected chi connectivity index (χ2v) is 7.42. The van der Waals surface area contributed by atoms with Crippen LogP contribution < -0.4 is 16.0 Å². The number of aromatic nitrogens is 1. The first-order valence-electron chi connectivity index (χ1n) is 9.92. The average molecular weight is 393 g/mol. The number of amides is 3. The Hall–Kier alpha value is -2.58. The predicted molar refractivity (Wildman–Crippen MR) is 107 cm³/mol. The van der Waals surface area contributed by atoms with Gasteiger partial charge in [-0.15, -0.1) is 0 Å². The number of hydrogen-bond acceptors (Lipinski definition) is 5. The Balaban J connectivity index is 1.83. The summed E-state index contributed by atoms with van der Waals surface area (Å²) in [5.41, 5.74) is 0.128. The molecular weight excluding hydrogens is 360 g/mol. The van der Waals surface area contributed by atoms with Crippen molar-refractivity contribution >= 4 is 17.9 Å². The van der Waals surface area contributed by atoms with Gasteiger partial charge in [-0.2, -0.15) is 0 Å². The van der Waals surface area contributed by atoms with Gasteiger partial charge in [0.1, 0.15) is 12.1 Å². The molecular formula is C19H32N6O3. The van der Waals surface area contributed by atoms with Crippen LogP contribution in [-0.4, -0.2) is 53.1 Å². The molecule has 1 aromatic rings. The van der Waals surface area contributed by atoms with Crippen LogP contribution in [0.25, 0.3) is 0 Å². The molecule has 9 nitrogen and oxygen atoms in total. The third-order valence-electron chi connectivity index (χ3n) is 4.81. The standard InChI is InChI=1S/C19H32N6O3/c1-6-19(5)16(26)25(18(27)23-19)10-8-9-21-17(20-7-2)22-12-14-11-15(13(3)4)24-28-14/h11,13H,6-10,12H2,1-5H3,(H,23,27)(H2,20,21,22). The molecule has 0 saturated carbocycles. The molecule has 1 aromatic heterocycles. The number of imide groups is 1. The Kier molecular flexibility index (Phi) is 7.42. The number of hydrogen-bond donors (Lipinski definition) is 3. The number of nitrogens with zero attached hydrogens (tertiary/aromatic N) is 3. The van der Waals surface area contributed by atoms with Gasteiger partial charge in [-0.1, -0.05) is 25.9 Å². The Bertz CT molecular complexity index is 714. The van der Waals surface area contributed by atoms with Crippen LogP contribution in [0, 0.1) is 0 Å². The zero-order chi connectivity index (χ0) is 20.7. The van der Waals surface area contributed by atoms with Crippen molar-refractivity contribution in [2.45, 2.75) is 65.5 Å². The van der Waals surface area contributed by atoms with E-state index >= 15 is 0 Å². The predicted octanol–water partition coefficient (Wildman–Crippen LogP) is 1.96. The zero-order valence-corrected chi connectivity index (χ0v) is 17.5. The van der Waals surface area contributed by atoms with E-state index in [0.717, 1.165) is 12.2 Å². The molecule has 0 aromatic carbocycles. The lowest BCUT2D eigenvalue weighted by atomic mass is 9.99. The average Bonchev–Trinajstić information content (AvgIpc) is 3.21. The first-order chi connectivity index (χ1) is 13.3. The van der Waals surface area contributed by atoms with Crippen LogP contribution >= 0.6 is 0 Å². The number of carbonyl (C=O) groups is 2. The number of rotatable bonds is 9. The van der Waals surface area contributed by atoms with Gasteiger partial charge >= 0.3 is 6.03 Å². The third kappa shape index (κ3) is 5.24. The fourth-order valence-electron chi connectivity index (χ4n) is 2.81. The summed E-state index contributed by atoms with van der Waals surface area (Å²) in [4.78, 5) is 30.2. The summed E-state index contributed by atoms with van der Waals surface area (Å²) < 4.78 is 5.30. The van der Waals surface area contributed by atoms with Gasteiger partial charge < -0.3 is 20.5 Å². The molecule has 1 aliphatic rings. The SMILES string of the molecule is CCNC(=NCc1cc(C(C)C)no1)NCCCN1C(=O)NC(C)(CC)C1=O. The summed E-state index contributed by atoms with van der Waals surface area (Å²) in [6.07, 6.45) is 1.20. The van der Waals surface area contributed by atoms with Gasteiger partial charge in [0.05, 0.1) is 5.69 Å². The lowest BCUT2D eigenvalue weighted by molar-refractivity contribution is -0.130. The molecule has 0 radical (unpaired) electrons. The lowest BCUT2D eigenvalue weighted by Gasteiger charge is -2.19. The van der Waals surface area contributed by atoms with E-state index < -0.39 is 5.54 Å². The minimum absolute atomic E-state index is 0.160. The van der Waals surface area contributed by atoms with E-state index in [9.17, 15) is 9.59 Å². The third-order valence-corrected chi connectivity index (χ3v) is 4.81. The molecule has 0 bridgehead atoms. The van der Waals surface area contributed by atoms with Crippen molar-refractivity contribution in [2.24, 2.45) is 4.99 Å². The van der Waals surface area contributed by atoms with Crippen molar-refractivity contribution in [3.8, 4) is 0 Å². The first-order valence-corrected chi connectivity index (χ1v) is 9.92. The summed E-state index contributed by atoms with van der Waals surface area (Å²) >= 11 is 0. The van der Waals surface area contributed by atoms with Crippen molar-refractivity contribution in [1.29, 1.82) is 0 Å². The van der Waals surface area contributed by atoms with Crippen LogP contribution in [0.2, 0.25) is 0 Å².